The molecule has 1 fully saturated rings. The third-order valence-corrected chi connectivity index (χ3v) is 3.33. The van der Waals surface area contributed by atoms with Gasteiger partial charge in [-0.15, -0.1) is 0 Å². The monoisotopic (exact) mass is 176 g/mol. The largest absolute Gasteiger partial charge is 0.395 e. The number of hydrogen-bond acceptors (Lipinski definition) is 1. The molecule has 0 heterocycles. The van der Waals surface area contributed by atoms with Gasteiger partial charge >= 0.3 is 0 Å². The van der Waals surface area contributed by atoms with Gasteiger partial charge in [-0.25, -0.2) is 0 Å². The zero-order chi connectivity index (χ0) is 9.47. The molecular weight excluding hydrogens is 160 g/mol. The summed E-state index contributed by atoms with van der Waals surface area (Å²) in [6.45, 7) is 4.59. The summed E-state index contributed by atoms with van der Waals surface area (Å²) in [5, 5.41) is 9.33. The number of aliphatic hydroxyl groups is 1. The first-order valence-electron chi connectivity index (χ1n) is 4.87. The Balaban J connectivity index is 2.46. The van der Waals surface area contributed by atoms with Crippen molar-refractivity contribution >= 4 is 0 Å². The molecule has 1 saturated carbocycles. The van der Waals surface area contributed by atoms with Crippen LogP contribution in [-0.2, 0) is 5.41 Å². The Labute approximate surface area is 79.4 Å². The fourth-order valence-corrected chi connectivity index (χ4v) is 1.99. The molecule has 0 spiro atoms. The van der Waals surface area contributed by atoms with Crippen molar-refractivity contribution < 1.29 is 5.11 Å². The molecular formula is C12H16O. The van der Waals surface area contributed by atoms with Gasteiger partial charge < -0.3 is 5.11 Å². The molecule has 0 atom stereocenters. The lowest BCUT2D eigenvalue weighted by Crippen LogP contribution is -2.13. The van der Waals surface area contributed by atoms with Gasteiger partial charge in [-0.1, -0.05) is 18.2 Å². The summed E-state index contributed by atoms with van der Waals surface area (Å²) in [6, 6.07) is 6.38. The third-order valence-electron chi connectivity index (χ3n) is 3.33. The fraction of sp³-hybridized carbons (Fsp3) is 0.500. The Hall–Kier alpha value is -0.820. The standard InChI is InChI=1S/C12H16O/c1-9-4-3-5-11(10(9)2)12(8-13)6-7-12/h3-5,13H,6-8H2,1-2H3. The molecule has 1 heteroatoms. The Bertz CT molecular complexity index is 324. The maximum Gasteiger partial charge on any atom is 0.0528 e. The van der Waals surface area contributed by atoms with Crippen LogP contribution in [0.4, 0.5) is 0 Å². The fourth-order valence-electron chi connectivity index (χ4n) is 1.99. The van der Waals surface area contributed by atoms with E-state index in [-0.39, 0.29) is 5.41 Å². The van der Waals surface area contributed by atoms with Crippen molar-refractivity contribution in [2.45, 2.75) is 32.1 Å². The number of aryl methyl sites for hydroxylation is 1. The maximum atomic E-state index is 9.33. The van der Waals surface area contributed by atoms with Crippen molar-refractivity contribution in [2.24, 2.45) is 0 Å². The summed E-state index contributed by atoms with van der Waals surface area (Å²) in [7, 11) is 0. The molecule has 1 aromatic rings. The smallest absolute Gasteiger partial charge is 0.0528 e. The van der Waals surface area contributed by atoms with Gasteiger partial charge in [0.25, 0.3) is 0 Å². The summed E-state index contributed by atoms with van der Waals surface area (Å²) in [4.78, 5) is 0. The highest BCUT2D eigenvalue weighted by molar-refractivity contribution is 5.41. The molecule has 0 radical (unpaired) electrons. The lowest BCUT2D eigenvalue weighted by Gasteiger charge is -2.16. The quantitative estimate of drug-likeness (QED) is 0.733. The number of rotatable bonds is 2. The Morgan fingerprint density at radius 2 is 2.00 bits per heavy atom. The van der Waals surface area contributed by atoms with Gasteiger partial charge in [-0.05, 0) is 43.4 Å². The molecule has 2 rings (SSSR count). The van der Waals surface area contributed by atoms with E-state index in [0.29, 0.717) is 6.61 Å². The van der Waals surface area contributed by atoms with E-state index in [2.05, 4.69) is 32.0 Å². The van der Waals surface area contributed by atoms with Gasteiger partial charge in [0.15, 0.2) is 0 Å². The van der Waals surface area contributed by atoms with Crippen LogP contribution in [0.3, 0.4) is 0 Å². The highest BCUT2D eigenvalue weighted by Gasteiger charge is 2.44. The van der Waals surface area contributed by atoms with Crippen LogP contribution in [0, 0.1) is 13.8 Å². The van der Waals surface area contributed by atoms with E-state index >= 15 is 0 Å². The molecule has 70 valence electrons. The first-order valence-corrected chi connectivity index (χ1v) is 4.87. The first-order chi connectivity index (χ1) is 6.19. The Morgan fingerprint density at radius 3 is 2.54 bits per heavy atom. The topological polar surface area (TPSA) is 20.2 Å². The first kappa shape index (κ1) is 8.76. The molecule has 1 aliphatic carbocycles. The number of benzene rings is 1. The van der Waals surface area contributed by atoms with Crippen LogP contribution in [-0.4, -0.2) is 11.7 Å². The van der Waals surface area contributed by atoms with Gasteiger partial charge in [0.2, 0.25) is 0 Å². The molecule has 13 heavy (non-hydrogen) atoms. The van der Waals surface area contributed by atoms with Crippen LogP contribution in [0.5, 0.6) is 0 Å². The zero-order valence-corrected chi connectivity index (χ0v) is 8.30. The van der Waals surface area contributed by atoms with Crippen molar-refractivity contribution in [2.75, 3.05) is 6.61 Å². The van der Waals surface area contributed by atoms with Crippen molar-refractivity contribution in [3.05, 3.63) is 34.9 Å². The Kier molecular flexibility index (Phi) is 1.92. The molecule has 1 aromatic carbocycles. The van der Waals surface area contributed by atoms with Gasteiger partial charge in [0, 0.05) is 5.41 Å². The molecule has 1 aliphatic rings. The van der Waals surface area contributed by atoms with Crippen LogP contribution in [0.1, 0.15) is 29.5 Å². The zero-order valence-electron chi connectivity index (χ0n) is 8.30. The Morgan fingerprint density at radius 1 is 1.31 bits per heavy atom. The maximum absolute atomic E-state index is 9.33. The lowest BCUT2D eigenvalue weighted by molar-refractivity contribution is 0.254. The van der Waals surface area contributed by atoms with E-state index in [1.54, 1.807) is 0 Å². The molecule has 0 aliphatic heterocycles. The third kappa shape index (κ3) is 1.28. The van der Waals surface area contributed by atoms with Crippen molar-refractivity contribution in [3.63, 3.8) is 0 Å². The molecule has 0 amide bonds. The summed E-state index contributed by atoms with van der Waals surface area (Å²) in [6.07, 6.45) is 2.29. The summed E-state index contributed by atoms with van der Waals surface area (Å²) in [5.74, 6) is 0. The van der Waals surface area contributed by atoms with Crippen LogP contribution in [0.25, 0.3) is 0 Å². The number of aliphatic hydroxyl groups excluding tert-OH is 1. The molecule has 0 unspecified atom stereocenters. The van der Waals surface area contributed by atoms with E-state index in [4.69, 9.17) is 0 Å². The number of hydrogen-bond donors (Lipinski definition) is 1. The van der Waals surface area contributed by atoms with E-state index < -0.39 is 0 Å². The van der Waals surface area contributed by atoms with Crippen LogP contribution >= 0.6 is 0 Å². The summed E-state index contributed by atoms with van der Waals surface area (Å²) >= 11 is 0. The van der Waals surface area contributed by atoms with E-state index in [1.165, 1.54) is 16.7 Å². The van der Waals surface area contributed by atoms with Crippen LogP contribution < -0.4 is 0 Å². The second-order valence-corrected chi connectivity index (χ2v) is 4.19. The average molecular weight is 176 g/mol. The van der Waals surface area contributed by atoms with Gasteiger partial charge in [0.05, 0.1) is 6.61 Å². The highest BCUT2D eigenvalue weighted by atomic mass is 16.3. The minimum Gasteiger partial charge on any atom is -0.395 e. The van der Waals surface area contributed by atoms with E-state index in [9.17, 15) is 5.11 Å². The minimum atomic E-state index is 0.121. The van der Waals surface area contributed by atoms with Crippen molar-refractivity contribution in [3.8, 4) is 0 Å². The molecule has 0 aromatic heterocycles. The van der Waals surface area contributed by atoms with Crippen molar-refractivity contribution in [1.29, 1.82) is 0 Å². The van der Waals surface area contributed by atoms with Crippen molar-refractivity contribution in [1.82, 2.24) is 0 Å². The molecule has 1 nitrogen and oxygen atoms in total. The summed E-state index contributed by atoms with van der Waals surface area (Å²) < 4.78 is 0. The van der Waals surface area contributed by atoms with Crippen LogP contribution in [0.2, 0.25) is 0 Å². The van der Waals surface area contributed by atoms with Crippen LogP contribution in [0.15, 0.2) is 18.2 Å². The summed E-state index contributed by atoms with van der Waals surface area (Å²) in [5.41, 5.74) is 4.16. The highest BCUT2D eigenvalue weighted by Crippen LogP contribution is 2.49. The van der Waals surface area contributed by atoms with Gasteiger partial charge in [-0.3, -0.25) is 0 Å². The predicted molar refractivity (Wildman–Crippen MR) is 53.9 cm³/mol. The normalized spacial score (nSPS) is 18.7. The van der Waals surface area contributed by atoms with Gasteiger partial charge in [-0.2, -0.15) is 0 Å². The predicted octanol–water partition coefficient (Wildman–Crippen LogP) is 2.33. The van der Waals surface area contributed by atoms with Gasteiger partial charge in [0.1, 0.15) is 0 Å². The molecule has 1 N–H and O–H groups in total. The second-order valence-electron chi connectivity index (χ2n) is 4.19. The SMILES string of the molecule is Cc1cccc(C2(CO)CC2)c1C. The lowest BCUT2D eigenvalue weighted by atomic mass is 9.90. The average Bonchev–Trinajstić information content (AvgIpc) is 2.90. The second kappa shape index (κ2) is 2.85. The molecule has 0 bridgehead atoms. The van der Waals surface area contributed by atoms with E-state index in [1.807, 2.05) is 0 Å². The molecule has 0 saturated heterocycles. The minimum absolute atomic E-state index is 0.121. The van der Waals surface area contributed by atoms with E-state index in [0.717, 1.165) is 12.8 Å².